The molecule has 2 rings (SSSR count). The summed E-state index contributed by atoms with van der Waals surface area (Å²) in [4.78, 5) is 0. The van der Waals surface area contributed by atoms with Crippen LogP contribution in [-0.2, 0) is 24.6 Å². The van der Waals surface area contributed by atoms with Crippen LogP contribution in [0.2, 0.25) is 0 Å². The highest BCUT2D eigenvalue weighted by molar-refractivity contribution is 9.10. The minimum absolute atomic E-state index is 0.00605. The summed E-state index contributed by atoms with van der Waals surface area (Å²) in [5, 5.41) is 8.21. The Morgan fingerprint density at radius 3 is 2.55 bits per heavy atom. The van der Waals surface area contributed by atoms with Crippen LogP contribution in [0.15, 0.2) is 4.47 Å². The van der Waals surface area contributed by atoms with E-state index in [4.69, 9.17) is 4.74 Å². The minimum Gasteiger partial charge on any atom is -0.377 e. The van der Waals surface area contributed by atoms with Crippen LogP contribution in [0.4, 0.5) is 0 Å². The molecule has 1 heterocycles. The van der Waals surface area contributed by atoms with Crippen LogP contribution in [0, 0.1) is 0 Å². The van der Waals surface area contributed by atoms with Gasteiger partial charge in [-0.1, -0.05) is 13.8 Å². The van der Waals surface area contributed by atoms with Crippen LogP contribution < -0.4 is 5.32 Å². The Kier molecular flexibility index (Phi) is 5.26. The molecule has 0 aromatic carbocycles. The van der Waals surface area contributed by atoms with Gasteiger partial charge in [0.25, 0.3) is 0 Å². The molecule has 1 fully saturated rings. The normalized spacial score (nSPS) is 18.9. The molecular formula is C15H26BrN3O. The van der Waals surface area contributed by atoms with E-state index in [0.717, 1.165) is 42.4 Å². The van der Waals surface area contributed by atoms with Gasteiger partial charge in [0.1, 0.15) is 0 Å². The topological polar surface area (TPSA) is 39.1 Å². The van der Waals surface area contributed by atoms with Crippen molar-refractivity contribution in [1.29, 1.82) is 0 Å². The van der Waals surface area contributed by atoms with Gasteiger partial charge < -0.3 is 10.1 Å². The molecule has 0 aliphatic heterocycles. The van der Waals surface area contributed by atoms with Crippen LogP contribution in [0.25, 0.3) is 0 Å². The molecule has 0 spiro atoms. The molecule has 0 saturated heterocycles. The highest BCUT2D eigenvalue weighted by atomic mass is 79.9. The lowest BCUT2D eigenvalue weighted by atomic mass is 9.73. The fourth-order valence-corrected chi connectivity index (χ4v) is 3.92. The van der Waals surface area contributed by atoms with Crippen LogP contribution in [0.1, 0.15) is 44.5 Å². The monoisotopic (exact) mass is 343 g/mol. The fourth-order valence-electron chi connectivity index (χ4n) is 3.15. The van der Waals surface area contributed by atoms with Crippen molar-refractivity contribution in [2.24, 2.45) is 7.05 Å². The van der Waals surface area contributed by atoms with E-state index in [2.05, 4.69) is 40.2 Å². The number of aromatic nitrogens is 2. The average molecular weight is 344 g/mol. The zero-order valence-corrected chi connectivity index (χ0v) is 14.6. The number of ether oxygens (including phenoxy) is 1. The maximum Gasteiger partial charge on any atom is 0.0834 e. The molecule has 1 aromatic heterocycles. The summed E-state index contributed by atoms with van der Waals surface area (Å²) < 4.78 is 9.04. The van der Waals surface area contributed by atoms with Gasteiger partial charge in [-0.2, -0.15) is 5.10 Å². The summed E-state index contributed by atoms with van der Waals surface area (Å²) in [7, 11) is 3.88. The Hall–Kier alpha value is -0.390. The van der Waals surface area contributed by atoms with Crippen LogP contribution >= 0.6 is 15.9 Å². The Bertz CT molecular complexity index is 449. The SMILES string of the molecule is CCNC(Cc1c(Br)c(CC)nn1C)C1(OC)CCC1. The number of likely N-dealkylation sites (N-methyl/N-ethyl adjacent to an activating group) is 1. The molecule has 1 aliphatic carbocycles. The standard InChI is InChI=1S/C15H26BrN3O/c1-5-11-14(16)12(19(3)18-11)10-13(17-6-2)15(20-4)8-7-9-15/h13,17H,5-10H2,1-4H3. The highest BCUT2D eigenvalue weighted by Crippen LogP contribution is 2.39. The molecule has 1 atom stereocenters. The number of halogens is 1. The molecule has 4 nitrogen and oxygen atoms in total. The molecule has 1 aliphatic rings. The zero-order chi connectivity index (χ0) is 14.8. The van der Waals surface area contributed by atoms with Gasteiger partial charge in [-0.3, -0.25) is 4.68 Å². The quantitative estimate of drug-likeness (QED) is 0.827. The maximum absolute atomic E-state index is 5.87. The molecule has 0 bridgehead atoms. The molecule has 1 unspecified atom stereocenters. The number of hydrogen-bond acceptors (Lipinski definition) is 3. The van der Waals surface area contributed by atoms with Crippen LogP contribution in [-0.4, -0.2) is 35.1 Å². The molecule has 1 saturated carbocycles. The molecule has 1 N–H and O–H groups in total. The van der Waals surface area contributed by atoms with Crippen molar-refractivity contribution in [2.45, 2.75) is 57.6 Å². The lowest BCUT2D eigenvalue weighted by molar-refractivity contribution is -0.0981. The highest BCUT2D eigenvalue weighted by Gasteiger charge is 2.44. The molecule has 0 amide bonds. The second kappa shape index (κ2) is 6.58. The van der Waals surface area contributed by atoms with Gasteiger partial charge in [0.05, 0.1) is 21.5 Å². The van der Waals surface area contributed by atoms with Crippen molar-refractivity contribution in [3.05, 3.63) is 15.9 Å². The predicted octanol–water partition coefficient (Wildman–Crippen LogP) is 2.83. The van der Waals surface area contributed by atoms with Gasteiger partial charge in [-0.05, 0) is 48.2 Å². The second-order valence-electron chi connectivity index (χ2n) is 5.62. The van der Waals surface area contributed by atoms with Gasteiger partial charge in [0.2, 0.25) is 0 Å². The Morgan fingerprint density at radius 1 is 1.45 bits per heavy atom. The molecule has 114 valence electrons. The van der Waals surface area contributed by atoms with E-state index in [9.17, 15) is 0 Å². The lowest BCUT2D eigenvalue weighted by Crippen LogP contribution is -2.57. The summed E-state index contributed by atoms with van der Waals surface area (Å²) in [6.07, 6.45) is 5.47. The zero-order valence-electron chi connectivity index (χ0n) is 13.0. The number of rotatable bonds is 7. The number of hydrogen-bond donors (Lipinski definition) is 1. The number of nitrogens with zero attached hydrogens (tertiary/aromatic N) is 2. The number of methoxy groups -OCH3 is 1. The first-order chi connectivity index (χ1) is 9.57. The van der Waals surface area contributed by atoms with Crippen molar-refractivity contribution >= 4 is 15.9 Å². The summed E-state index contributed by atoms with van der Waals surface area (Å²) in [6, 6.07) is 0.350. The third-order valence-electron chi connectivity index (χ3n) is 4.59. The predicted molar refractivity (Wildman–Crippen MR) is 85.0 cm³/mol. The van der Waals surface area contributed by atoms with Gasteiger partial charge in [-0.25, -0.2) is 0 Å². The Morgan fingerprint density at radius 2 is 2.15 bits per heavy atom. The third kappa shape index (κ3) is 2.81. The maximum atomic E-state index is 5.87. The van der Waals surface area contributed by atoms with Crippen molar-refractivity contribution in [3.63, 3.8) is 0 Å². The first kappa shape index (κ1) is 16.0. The molecule has 1 aromatic rings. The molecule has 5 heteroatoms. The summed E-state index contributed by atoms with van der Waals surface area (Å²) >= 11 is 3.72. The molecule has 20 heavy (non-hydrogen) atoms. The van der Waals surface area contributed by atoms with E-state index in [1.165, 1.54) is 12.1 Å². The third-order valence-corrected chi connectivity index (χ3v) is 5.51. The van der Waals surface area contributed by atoms with Crippen LogP contribution in [0.5, 0.6) is 0 Å². The average Bonchev–Trinajstić information content (AvgIpc) is 2.65. The second-order valence-corrected chi connectivity index (χ2v) is 6.41. The lowest BCUT2D eigenvalue weighted by Gasteiger charge is -2.47. The van der Waals surface area contributed by atoms with Crippen LogP contribution in [0.3, 0.4) is 0 Å². The smallest absolute Gasteiger partial charge is 0.0834 e. The molecule has 0 radical (unpaired) electrons. The van der Waals surface area contributed by atoms with E-state index in [1.807, 2.05) is 18.8 Å². The largest absolute Gasteiger partial charge is 0.377 e. The van der Waals surface area contributed by atoms with Gasteiger partial charge >= 0.3 is 0 Å². The minimum atomic E-state index is 0.00605. The Balaban J connectivity index is 2.22. The van der Waals surface area contributed by atoms with Crippen molar-refractivity contribution in [1.82, 2.24) is 15.1 Å². The summed E-state index contributed by atoms with van der Waals surface area (Å²) in [5.41, 5.74) is 2.40. The Labute approximate surface area is 130 Å². The number of nitrogens with one attached hydrogen (secondary N) is 1. The van der Waals surface area contributed by atoms with E-state index in [-0.39, 0.29) is 5.60 Å². The molecular weight excluding hydrogens is 318 g/mol. The van der Waals surface area contributed by atoms with E-state index in [1.54, 1.807) is 0 Å². The van der Waals surface area contributed by atoms with Crippen molar-refractivity contribution in [2.75, 3.05) is 13.7 Å². The van der Waals surface area contributed by atoms with Gasteiger partial charge in [0, 0.05) is 26.6 Å². The van der Waals surface area contributed by atoms with E-state index in [0.29, 0.717) is 6.04 Å². The summed E-state index contributed by atoms with van der Waals surface area (Å²) in [5.74, 6) is 0. The van der Waals surface area contributed by atoms with E-state index < -0.39 is 0 Å². The fraction of sp³-hybridized carbons (Fsp3) is 0.800. The van der Waals surface area contributed by atoms with Gasteiger partial charge in [0.15, 0.2) is 0 Å². The first-order valence-electron chi connectivity index (χ1n) is 7.56. The first-order valence-corrected chi connectivity index (χ1v) is 8.36. The van der Waals surface area contributed by atoms with Gasteiger partial charge in [-0.15, -0.1) is 0 Å². The van der Waals surface area contributed by atoms with Crippen molar-refractivity contribution in [3.8, 4) is 0 Å². The summed E-state index contributed by atoms with van der Waals surface area (Å²) in [6.45, 7) is 5.26. The van der Waals surface area contributed by atoms with E-state index >= 15 is 0 Å². The van der Waals surface area contributed by atoms with Crippen molar-refractivity contribution < 1.29 is 4.74 Å². The number of aryl methyl sites for hydroxylation is 2.